The number of aryl methyl sites for hydroxylation is 1. The predicted molar refractivity (Wildman–Crippen MR) is 86.3 cm³/mol. The zero-order chi connectivity index (χ0) is 15.0. The van der Waals surface area contributed by atoms with Gasteiger partial charge < -0.3 is 9.47 Å². The molecule has 0 spiro atoms. The van der Waals surface area contributed by atoms with Gasteiger partial charge in [-0.1, -0.05) is 37.6 Å². The second kappa shape index (κ2) is 8.11. The maximum absolute atomic E-state index is 5.38. The summed E-state index contributed by atoms with van der Waals surface area (Å²) in [4.78, 5) is 0. The third-order valence-electron chi connectivity index (χ3n) is 3.44. The summed E-state index contributed by atoms with van der Waals surface area (Å²) in [5.41, 5.74) is 2.68. The maximum Gasteiger partial charge on any atom is 0.126 e. The van der Waals surface area contributed by atoms with Crippen molar-refractivity contribution in [2.24, 2.45) is 5.41 Å². The van der Waals surface area contributed by atoms with Gasteiger partial charge in [-0.05, 0) is 43.7 Å². The normalized spacial score (nSPS) is 12.1. The lowest BCUT2D eigenvalue weighted by molar-refractivity contribution is 0.0970. The van der Waals surface area contributed by atoms with Crippen molar-refractivity contribution in [1.82, 2.24) is 0 Å². The third kappa shape index (κ3) is 5.79. The Labute approximate surface area is 123 Å². The summed E-state index contributed by atoms with van der Waals surface area (Å²) in [6.07, 6.45) is 7.84. The van der Waals surface area contributed by atoms with E-state index in [0.717, 1.165) is 24.3 Å². The van der Waals surface area contributed by atoms with Crippen LogP contribution in [0.15, 0.2) is 24.3 Å². The zero-order valence-electron chi connectivity index (χ0n) is 13.5. The molecule has 1 aromatic rings. The molecular weight excluding hydrogens is 248 g/mol. The Balaban J connectivity index is 2.47. The second-order valence-electron chi connectivity index (χ2n) is 6.14. The number of benzene rings is 1. The van der Waals surface area contributed by atoms with E-state index < -0.39 is 0 Å². The largest absolute Gasteiger partial charge is 0.496 e. The van der Waals surface area contributed by atoms with E-state index in [1.54, 1.807) is 14.2 Å². The Hall–Kier alpha value is -1.28. The Kier molecular flexibility index (Phi) is 6.80. The van der Waals surface area contributed by atoms with Crippen molar-refractivity contribution in [2.75, 3.05) is 20.8 Å². The first kappa shape index (κ1) is 16.8. The van der Waals surface area contributed by atoms with Crippen LogP contribution in [0.4, 0.5) is 0 Å². The number of hydrogen-bond acceptors (Lipinski definition) is 2. The van der Waals surface area contributed by atoms with Gasteiger partial charge >= 0.3 is 0 Å². The van der Waals surface area contributed by atoms with Gasteiger partial charge in [-0.25, -0.2) is 0 Å². The molecule has 0 amide bonds. The molecular formula is C18H28O2. The second-order valence-corrected chi connectivity index (χ2v) is 6.14. The van der Waals surface area contributed by atoms with E-state index in [9.17, 15) is 0 Å². The first-order chi connectivity index (χ1) is 9.48. The first-order valence-electron chi connectivity index (χ1n) is 7.28. The molecule has 0 aliphatic heterocycles. The van der Waals surface area contributed by atoms with Gasteiger partial charge in [0.2, 0.25) is 0 Å². The molecule has 0 atom stereocenters. The molecule has 0 unspecified atom stereocenters. The number of rotatable bonds is 8. The van der Waals surface area contributed by atoms with Crippen LogP contribution in [-0.4, -0.2) is 20.8 Å². The topological polar surface area (TPSA) is 18.5 Å². The molecule has 0 aliphatic rings. The molecule has 1 rings (SSSR count). The van der Waals surface area contributed by atoms with E-state index in [1.165, 1.54) is 18.4 Å². The van der Waals surface area contributed by atoms with E-state index >= 15 is 0 Å². The Morgan fingerprint density at radius 3 is 2.60 bits per heavy atom. The minimum Gasteiger partial charge on any atom is -0.496 e. The van der Waals surface area contributed by atoms with Crippen molar-refractivity contribution in [3.05, 3.63) is 35.4 Å². The summed E-state index contributed by atoms with van der Waals surface area (Å²) in [5, 5.41) is 0. The Bertz CT molecular complexity index is 433. The van der Waals surface area contributed by atoms with Crippen LogP contribution in [0.25, 0.3) is 6.08 Å². The van der Waals surface area contributed by atoms with Crippen LogP contribution in [0.3, 0.4) is 0 Å². The van der Waals surface area contributed by atoms with Gasteiger partial charge in [-0.2, -0.15) is 0 Å². The van der Waals surface area contributed by atoms with E-state index in [2.05, 4.69) is 45.1 Å². The van der Waals surface area contributed by atoms with Gasteiger partial charge in [0.1, 0.15) is 5.75 Å². The van der Waals surface area contributed by atoms with Crippen LogP contribution < -0.4 is 4.74 Å². The fourth-order valence-electron chi connectivity index (χ4n) is 2.36. The fourth-order valence-corrected chi connectivity index (χ4v) is 2.36. The Morgan fingerprint density at radius 1 is 1.20 bits per heavy atom. The van der Waals surface area contributed by atoms with Gasteiger partial charge in [-0.15, -0.1) is 0 Å². The molecule has 1 aromatic carbocycles. The van der Waals surface area contributed by atoms with Crippen LogP contribution in [-0.2, 0) is 4.74 Å². The van der Waals surface area contributed by atoms with Crippen LogP contribution >= 0.6 is 0 Å². The summed E-state index contributed by atoms with van der Waals surface area (Å²) < 4.78 is 10.6. The molecule has 0 aromatic heterocycles. The van der Waals surface area contributed by atoms with Crippen LogP contribution in [0.5, 0.6) is 5.75 Å². The van der Waals surface area contributed by atoms with Gasteiger partial charge in [0.05, 0.1) is 13.7 Å². The number of hydrogen-bond donors (Lipinski definition) is 0. The summed E-state index contributed by atoms with van der Waals surface area (Å²) in [6.45, 7) is 7.43. The highest BCUT2D eigenvalue weighted by atomic mass is 16.5. The maximum atomic E-state index is 5.38. The average molecular weight is 276 g/mol. The molecule has 0 aliphatic carbocycles. The van der Waals surface area contributed by atoms with E-state index in [1.807, 2.05) is 6.07 Å². The number of ether oxygens (including phenoxy) is 2. The lowest BCUT2D eigenvalue weighted by Crippen LogP contribution is -2.17. The molecule has 0 fully saturated rings. The quantitative estimate of drug-likeness (QED) is 0.631. The highest BCUT2D eigenvalue weighted by molar-refractivity contribution is 5.58. The molecule has 2 nitrogen and oxygen atoms in total. The molecule has 0 bridgehead atoms. The molecule has 0 saturated heterocycles. The number of unbranched alkanes of at least 4 members (excludes halogenated alkanes) is 1. The monoisotopic (exact) mass is 276 g/mol. The van der Waals surface area contributed by atoms with Crippen LogP contribution in [0, 0.1) is 12.3 Å². The molecule has 2 heteroatoms. The predicted octanol–water partition coefficient (Wildman–Crippen LogP) is 4.86. The summed E-state index contributed by atoms with van der Waals surface area (Å²) in [6, 6.07) is 6.25. The molecule has 0 heterocycles. The van der Waals surface area contributed by atoms with Crippen LogP contribution in [0.1, 0.15) is 44.2 Å². The minimum absolute atomic E-state index is 0.267. The molecule has 0 saturated carbocycles. The highest BCUT2D eigenvalue weighted by Crippen LogP contribution is 2.24. The molecule has 0 N–H and O–H groups in total. The summed E-state index contributed by atoms with van der Waals surface area (Å²) in [5.74, 6) is 0.937. The van der Waals surface area contributed by atoms with Gasteiger partial charge in [-0.3, -0.25) is 0 Å². The number of methoxy groups -OCH3 is 2. The van der Waals surface area contributed by atoms with Gasteiger partial charge in [0.15, 0.2) is 0 Å². The van der Waals surface area contributed by atoms with Crippen molar-refractivity contribution in [2.45, 2.75) is 40.0 Å². The van der Waals surface area contributed by atoms with Gasteiger partial charge in [0, 0.05) is 12.7 Å². The molecule has 0 radical (unpaired) electrons. The van der Waals surface area contributed by atoms with Crippen molar-refractivity contribution in [3.63, 3.8) is 0 Å². The van der Waals surface area contributed by atoms with Crippen molar-refractivity contribution >= 4 is 6.08 Å². The highest BCUT2D eigenvalue weighted by Gasteiger charge is 2.16. The zero-order valence-corrected chi connectivity index (χ0v) is 13.5. The van der Waals surface area contributed by atoms with Crippen molar-refractivity contribution in [3.8, 4) is 5.75 Å². The Morgan fingerprint density at radius 2 is 1.95 bits per heavy atom. The third-order valence-corrected chi connectivity index (χ3v) is 3.44. The molecule has 20 heavy (non-hydrogen) atoms. The first-order valence-corrected chi connectivity index (χ1v) is 7.28. The summed E-state index contributed by atoms with van der Waals surface area (Å²) >= 11 is 0. The van der Waals surface area contributed by atoms with E-state index in [0.29, 0.717) is 0 Å². The lowest BCUT2D eigenvalue weighted by Gasteiger charge is -2.22. The van der Waals surface area contributed by atoms with Crippen molar-refractivity contribution < 1.29 is 9.47 Å². The SMILES string of the molecule is COCC(C)(C)CCC/C=C/c1cc(C)ccc1OC. The average Bonchev–Trinajstić information content (AvgIpc) is 2.38. The van der Waals surface area contributed by atoms with E-state index in [4.69, 9.17) is 9.47 Å². The minimum atomic E-state index is 0.267. The standard InChI is InChI=1S/C18H28O2/c1-15-10-11-17(20-5)16(13-15)9-7-6-8-12-18(2,3)14-19-4/h7,9-11,13H,6,8,12,14H2,1-5H3/b9-7+. The number of allylic oxidation sites excluding steroid dienone is 1. The van der Waals surface area contributed by atoms with Crippen molar-refractivity contribution in [1.29, 1.82) is 0 Å². The fraction of sp³-hybridized carbons (Fsp3) is 0.556. The van der Waals surface area contributed by atoms with Crippen LogP contribution in [0.2, 0.25) is 0 Å². The van der Waals surface area contributed by atoms with E-state index in [-0.39, 0.29) is 5.41 Å². The molecule has 112 valence electrons. The lowest BCUT2D eigenvalue weighted by atomic mass is 9.88. The smallest absolute Gasteiger partial charge is 0.126 e. The summed E-state index contributed by atoms with van der Waals surface area (Å²) in [7, 11) is 3.49. The van der Waals surface area contributed by atoms with Gasteiger partial charge in [0.25, 0.3) is 0 Å².